The molecular weight excluding hydrogens is 565 g/mol. The molecule has 2 heterocycles. The van der Waals surface area contributed by atoms with Crippen molar-refractivity contribution >= 4 is 25.1 Å². The van der Waals surface area contributed by atoms with Gasteiger partial charge in [-0.25, -0.2) is 13.9 Å². The number of benzene rings is 2. The topological polar surface area (TPSA) is 75.0 Å². The SMILES string of the molecule is COc1cc(C(C)OCC2(c3ccc(F)cc3)CCN(C(=O)OC(C)(C)C)CC2)c2nn(COCC[Si](C)(C)C)cc2c1. The quantitative estimate of drug-likeness (QED) is 0.164. The van der Waals surface area contributed by atoms with Crippen molar-refractivity contribution in [3.05, 3.63) is 59.5 Å². The van der Waals surface area contributed by atoms with Gasteiger partial charge in [0.2, 0.25) is 0 Å². The summed E-state index contributed by atoms with van der Waals surface area (Å²) in [6.45, 7) is 17.2. The summed E-state index contributed by atoms with van der Waals surface area (Å²) in [5, 5.41) is 5.81. The number of carbonyl (C=O) groups excluding carboxylic acids is 1. The molecule has 8 nitrogen and oxygen atoms in total. The zero-order valence-electron chi connectivity index (χ0n) is 27.0. The van der Waals surface area contributed by atoms with E-state index in [0.29, 0.717) is 39.3 Å². The molecule has 0 spiro atoms. The standard InChI is InChI=1S/C33H48FN3O5Si/c1-24(29-20-28(39-5)19-25-21-37(35-30(25)29)23-40-17-18-43(6,7)8)41-22-33(26-9-11-27(34)12-10-26)13-15-36(16-14-33)31(38)42-32(2,3)4/h9-12,19-21,24H,13-18,22-23H2,1-8H3. The average molecular weight is 614 g/mol. The molecule has 0 aliphatic carbocycles. The van der Waals surface area contributed by atoms with Crippen molar-refractivity contribution in [3.8, 4) is 5.75 Å². The van der Waals surface area contributed by atoms with E-state index in [4.69, 9.17) is 24.0 Å². The van der Waals surface area contributed by atoms with Gasteiger partial charge >= 0.3 is 6.09 Å². The number of methoxy groups -OCH3 is 1. The van der Waals surface area contributed by atoms with E-state index in [9.17, 15) is 9.18 Å². The maximum absolute atomic E-state index is 13.9. The molecule has 1 fully saturated rings. The Kier molecular flexibility index (Phi) is 10.2. The van der Waals surface area contributed by atoms with E-state index in [0.717, 1.165) is 40.4 Å². The van der Waals surface area contributed by atoms with Crippen LogP contribution in [0, 0.1) is 5.82 Å². The summed E-state index contributed by atoms with van der Waals surface area (Å²) in [6, 6.07) is 11.7. The van der Waals surface area contributed by atoms with Crippen LogP contribution in [0.1, 0.15) is 57.8 Å². The first-order chi connectivity index (χ1) is 20.2. The summed E-state index contributed by atoms with van der Waals surface area (Å²) < 4.78 is 39.5. The van der Waals surface area contributed by atoms with E-state index < -0.39 is 13.7 Å². The minimum absolute atomic E-state index is 0.279. The maximum Gasteiger partial charge on any atom is 0.410 e. The number of hydrogen-bond acceptors (Lipinski definition) is 6. The van der Waals surface area contributed by atoms with Crippen LogP contribution in [0.25, 0.3) is 10.9 Å². The van der Waals surface area contributed by atoms with Gasteiger partial charge < -0.3 is 23.8 Å². The van der Waals surface area contributed by atoms with E-state index >= 15 is 0 Å². The van der Waals surface area contributed by atoms with Crippen molar-refractivity contribution in [2.45, 2.75) is 90.1 Å². The average Bonchev–Trinajstić information content (AvgIpc) is 3.35. The summed E-state index contributed by atoms with van der Waals surface area (Å²) in [4.78, 5) is 14.5. The summed E-state index contributed by atoms with van der Waals surface area (Å²) >= 11 is 0. The van der Waals surface area contributed by atoms with E-state index in [2.05, 4.69) is 19.6 Å². The Labute approximate surface area is 256 Å². The number of nitrogens with zero attached hydrogens (tertiary/aromatic N) is 3. The fourth-order valence-corrected chi connectivity index (χ4v) is 6.11. The summed E-state index contributed by atoms with van der Waals surface area (Å²) in [7, 11) is 0.483. The van der Waals surface area contributed by atoms with Gasteiger partial charge in [0.25, 0.3) is 0 Å². The Bertz CT molecular complexity index is 1370. The normalized spacial score (nSPS) is 16.3. The van der Waals surface area contributed by atoms with Crippen molar-refractivity contribution in [1.82, 2.24) is 14.7 Å². The van der Waals surface area contributed by atoms with Crippen molar-refractivity contribution in [2.24, 2.45) is 0 Å². The minimum atomic E-state index is -1.17. The van der Waals surface area contributed by atoms with Crippen LogP contribution in [0.2, 0.25) is 25.7 Å². The maximum atomic E-state index is 13.9. The molecule has 0 saturated carbocycles. The second-order valence-electron chi connectivity index (χ2n) is 13.9. The van der Waals surface area contributed by atoms with E-state index in [-0.39, 0.29) is 23.4 Å². The van der Waals surface area contributed by atoms with Gasteiger partial charge in [-0.3, -0.25) is 0 Å². The van der Waals surface area contributed by atoms with Crippen LogP contribution in [0.3, 0.4) is 0 Å². The van der Waals surface area contributed by atoms with Crippen molar-refractivity contribution in [3.63, 3.8) is 0 Å². The largest absolute Gasteiger partial charge is 0.497 e. The summed E-state index contributed by atoms with van der Waals surface area (Å²) in [5.74, 6) is 0.453. The first-order valence-corrected chi connectivity index (χ1v) is 18.9. The van der Waals surface area contributed by atoms with Gasteiger partial charge in [0.05, 0.1) is 25.3 Å². The summed E-state index contributed by atoms with van der Waals surface area (Å²) in [5.41, 5.74) is 1.83. The molecule has 236 valence electrons. The Morgan fingerprint density at radius 2 is 1.79 bits per heavy atom. The van der Waals surface area contributed by atoms with Gasteiger partial charge in [-0.2, -0.15) is 5.10 Å². The second-order valence-corrected chi connectivity index (χ2v) is 19.5. The number of carbonyl (C=O) groups is 1. The van der Waals surface area contributed by atoms with Gasteiger partial charge in [0, 0.05) is 50.3 Å². The first-order valence-electron chi connectivity index (χ1n) is 15.2. The minimum Gasteiger partial charge on any atom is -0.497 e. The van der Waals surface area contributed by atoms with Crippen molar-refractivity contribution in [2.75, 3.05) is 33.4 Å². The summed E-state index contributed by atoms with van der Waals surface area (Å²) in [6.07, 6.45) is 2.71. The molecule has 0 N–H and O–H groups in total. The van der Waals surface area contributed by atoms with Crippen molar-refractivity contribution < 1.29 is 28.1 Å². The van der Waals surface area contributed by atoms with Crippen LogP contribution in [0.15, 0.2) is 42.6 Å². The highest BCUT2D eigenvalue weighted by atomic mass is 28.3. The fraction of sp³-hybridized carbons (Fsp3) is 0.576. The number of hydrogen-bond donors (Lipinski definition) is 0. The lowest BCUT2D eigenvalue weighted by molar-refractivity contribution is -0.00938. The number of likely N-dealkylation sites (tertiary alicyclic amines) is 1. The highest BCUT2D eigenvalue weighted by Gasteiger charge is 2.39. The number of aromatic nitrogens is 2. The number of amides is 1. The van der Waals surface area contributed by atoms with Gasteiger partial charge in [-0.1, -0.05) is 31.8 Å². The number of piperidine rings is 1. The van der Waals surface area contributed by atoms with Crippen LogP contribution >= 0.6 is 0 Å². The molecule has 1 unspecified atom stereocenters. The third-order valence-corrected chi connectivity index (χ3v) is 9.70. The third-order valence-electron chi connectivity index (χ3n) is 7.99. The van der Waals surface area contributed by atoms with Crippen LogP contribution < -0.4 is 4.74 Å². The predicted molar refractivity (Wildman–Crippen MR) is 170 cm³/mol. The first kappa shape index (κ1) is 33.0. The Morgan fingerprint density at radius 1 is 1.12 bits per heavy atom. The third kappa shape index (κ3) is 8.80. The van der Waals surface area contributed by atoms with Gasteiger partial charge in [0.15, 0.2) is 0 Å². The monoisotopic (exact) mass is 613 g/mol. The van der Waals surface area contributed by atoms with Gasteiger partial charge in [-0.05, 0) is 76.4 Å². The zero-order valence-corrected chi connectivity index (χ0v) is 28.0. The van der Waals surface area contributed by atoms with E-state index in [1.807, 2.05) is 62.8 Å². The molecule has 4 rings (SSSR count). The fourth-order valence-electron chi connectivity index (χ4n) is 5.35. The molecule has 1 amide bonds. The lowest BCUT2D eigenvalue weighted by atomic mass is 9.73. The molecule has 0 bridgehead atoms. The Morgan fingerprint density at radius 3 is 2.40 bits per heavy atom. The molecule has 1 aliphatic heterocycles. The molecule has 10 heteroatoms. The van der Waals surface area contributed by atoms with Crippen molar-refractivity contribution in [1.29, 1.82) is 0 Å². The molecule has 1 aliphatic rings. The number of rotatable bonds is 11. The zero-order chi connectivity index (χ0) is 31.4. The Hall–Kier alpha value is -2.95. The van der Waals surface area contributed by atoms with Crippen LogP contribution in [-0.4, -0.2) is 67.9 Å². The molecule has 1 atom stereocenters. The van der Waals surface area contributed by atoms with E-state index in [1.54, 1.807) is 12.0 Å². The molecule has 43 heavy (non-hydrogen) atoms. The number of fused-ring (bicyclic) bond motifs is 1. The lowest BCUT2D eigenvalue weighted by Crippen LogP contribution is -2.48. The van der Waals surface area contributed by atoms with Gasteiger partial charge in [0.1, 0.15) is 23.9 Å². The molecule has 0 radical (unpaired) electrons. The lowest BCUT2D eigenvalue weighted by Gasteiger charge is -2.42. The highest BCUT2D eigenvalue weighted by Crippen LogP contribution is 2.39. The predicted octanol–water partition coefficient (Wildman–Crippen LogP) is 7.54. The molecule has 1 aromatic heterocycles. The van der Waals surface area contributed by atoms with Gasteiger partial charge in [-0.15, -0.1) is 0 Å². The smallest absolute Gasteiger partial charge is 0.410 e. The molecule has 1 saturated heterocycles. The van der Waals surface area contributed by atoms with E-state index in [1.165, 1.54) is 12.1 Å². The van der Waals surface area contributed by atoms with Crippen LogP contribution in [0.5, 0.6) is 5.75 Å². The second kappa shape index (κ2) is 13.4. The number of ether oxygens (including phenoxy) is 4. The molecule has 3 aromatic rings. The van der Waals surface area contributed by atoms with Crippen LogP contribution in [0.4, 0.5) is 9.18 Å². The van der Waals surface area contributed by atoms with Crippen LogP contribution in [-0.2, 0) is 26.4 Å². The molecular formula is C33H48FN3O5Si. The number of halogens is 1. The highest BCUT2D eigenvalue weighted by molar-refractivity contribution is 6.76. The molecule has 2 aromatic carbocycles. The Balaban J connectivity index is 1.52.